The molecular weight excluding hydrogens is 444 g/mol. The van der Waals surface area contributed by atoms with Gasteiger partial charge >= 0.3 is 0 Å². The third-order valence-corrected chi connectivity index (χ3v) is 6.58. The van der Waals surface area contributed by atoms with Crippen LogP contribution in [0.4, 0.5) is 0 Å². The van der Waals surface area contributed by atoms with E-state index < -0.39 is 10.1 Å². The first kappa shape index (κ1) is 23.6. The Hall–Kier alpha value is -3.54. The molecule has 4 aromatic rings. The second kappa shape index (κ2) is 9.75. The van der Waals surface area contributed by atoms with Crippen LogP contribution in [-0.2, 0) is 23.0 Å². The summed E-state index contributed by atoms with van der Waals surface area (Å²) in [5.41, 5.74) is 6.86. The van der Waals surface area contributed by atoms with E-state index >= 15 is 0 Å². The third-order valence-electron chi connectivity index (χ3n) is 5.75. The maximum absolute atomic E-state index is 13.5. The Kier molecular flexibility index (Phi) is 6.77. The van der Waals surface area contributed by atoms with Gasteiger partial charge in [0.2, 0.25) is 0 Å². The highest BCUT2D eigenvalue weighted by molar-refractivity contribution is 7.85. The van der Waals surface area contributed by atoms with Gasteiger partial charge < -0.3 is 0 Å². The lowest BCUT2D eigenvalue weighted by atomic mass is 9.91. The van der Waals surface area contributed by atoms with Gasteiger partial charge in [-0.25, -0.2) is 0 Å². The van der Waals surface area contributed by atoms with Gasteiger partial charge in [-0.3, -0.25) is 9.35 Å². The molecule has 0 amide bonds. The van der Waals surface area contributed by atoms with E-state index in [1.807, 2.05) is 73.7 Å². The van der Waals surface area contributed by atoms with E-state index in [-0.39, 0.29) is 10.7 Å². The van der Waals surface area contributed by atoms with Gasteiger partial charge in [0.25, 0.3) is 10.1 Å². The molecule has 0 unspecified atom stereocenters. The van der Waals surface area contributed by atoms with Gasteiger partial charge in [0.1, 0.15) is 0 Å². The van der Waals surface area contributed by atoms with Gasteiger partial charge in [0.15, 0.2) is 5.78 Å². The summed E-state index contributed by atoms with van der Waals surface area (Å²) in [6.45, 7) is 3.83. The van der Waals surface area contributed by atoms with Gasteiger partial charge in [0.05, 0.1) is 4.90 Å². The molecule has 0 bridgehead atoms. The predicted octanol–water partition coefficient (Wildman–Crippen LogP) is 5.96. The Balaban J connectivity index is 1.74. The van der Waals surface area contributed by atoms with E-state index in [2.05, 4.69) is 12.1 Å². The number of carbonyl (C=O) groups is 1. The molecule has 1 N–H and O–H groups in total. The van der Waals surface area contributed by atoms with Crippen LogP contribution in [0.15, 0.2) is 95.9 Å². The summed E-state index contributed by atoms with van der Waals surface area (Å²) in [5, 5.41) is 0. The average Bonchev–Trinajstić information content (AvgIpc) is 2.79. The zero-order valence-electron chi connectivity index (χ0n) is 19.2. The molecule has 0 aliphatic carbocycles. The van der Waals surface area contributed by atoms with Crippen molar-refractivity contribution in [1.82, 2.24) is 0 Å². The summed E-state index contributed by atoms with van der Waals surface area (Å²) in [7, 11) is -4.30. The topological polar surface area (TPSA) is 71.4 Å². The fourth-order valence-corrected chi connectivity index (χ4v) is 4.83. The van der Waals surface area contributed by atoms with E-state index in [1.54, 1.807) is 6.92 Å². The molecule has 0 aliphatic rings. The molecule has 0 aromatic heterocycles. The minimum atomic E-state index is -4.30. The highest BCUT2D eigenvalue weighted by Gasteiger charge is 2.16. The first-order valence-electron chi connectivity index (χ1n) is 11.0. The lowest BCUT2D eigenvalue weighted by Crippen LogP contribution is -2.08. The van der Waals surface area contributed by atoms with E-state index in [0.29, 0.717) is 24.0 Å². The molecule has 0 saturated heterocycles. The van der Waals surface area contributed by atoms with Crippen LogP contribution in [0, 0.1) is 13.8 Å². The number of benzene rings is 4. The average molecular weight is 471 g/mol. The Labute approximate surface area is 200 Å². The molecule has 0 atom stereocenters. The zero-order chi connectivity index (χ0) is 24.3. The van der Waals surface area contributed by atoms with Gasteiger partial charge in [0, 0.05) is 11.1 Å². The van der Waals surface area contributed by atoms with Crippen molar-refractivity contribution in [3.8, 4) is 0 Å². The van der Waals surface area contributed by atoms with E-state index in [9.17, 15) is 17.8 Å². The van der Waals surface area contributed by atoms with Crippen LogP contribution in [0.1, 0.15) is 49.3 Å². The number of aryl methyl sites for hydroxylation is 2. The molecule has 0 fully saturated rings. The zero-order valence-corrected chi connectivity index (χ0v) is 20.0. The Morgan fingerprint density at radius 1 is 0.706 bits per heavy atom. The summed E-state index contributed by atoms with van der Waals surface area (Å²) >= 11 is 0. The predicted molar refractivity (Wildman–Crippen MR) is 134 cm³/mol. The van der Waals surface area contributed by atoms with Crippen molar-refractivity contribution in [2.75, 3.05) is 0 Å². The van der Waals surface area contributed by atoms with Crippen molar-refractivity contribution in [2.24, 2.45) is 0 Å². The van der Waals surface area contributed by atoms with Crippen LogP contribution in [0.25, 0.3) is 0 Å². The van der Waals surface area contributed by atoms with Crippen molar-refractivity contribution < 1.29 is 17.8 Å². The summed E-state index contributed by atoms with van der Waals surface area (Å²) in [6, 6.07) is 28.1. The van der Waals surface area contributed by atoms with Crippen molar-refractivity contribution in [1.29, 1.82) is 0 Å². The Bertz CT molecular complexity index is 1450. The smallest absolute Gasteiger partial charge is 0.289 e. The second-order valence-electron chi connectivity index (χ2n) is 8.66. The Morgan fingerprint density at radius 2 is 1.41 bits per heavy atom. The number of ketones is 1. The number of hydrogen-bond donors (Lipinski definition) is 1. The maximum atomic E-state index is 13.5. The molecule has 0 spiro atoms. The van der Waals surface area contributed by atoms with Gasteiger partial charge in [-0.1, -0.05) is 78.4 Å². The van der Waals surface area contributed by atoms with Crippen LogP contribution >= 0.6 is 0 Å². The molecule has 0 aliphatic heterocycles. The lowest BCUT2D eigenvalue weighted by Gasteiger charge is -2.13. The molecule has 34 heavy (non-hydrogen) atoms. The summed E-state index contributed by atoms with van der Waals surface area (Å²) in [4.78, 5) is 13.3. The monoisotopic (exact) mass is 470 g/mol. The van der Waals surface area contributed by atoms with Gasteiger partial charge in [-0.15, -0.1) is 0 Å². The van der Waals surface area contributed by atoms with Crippen LogP contribution in [-0.4, -0.2) is 18.8 Å². The number of carbonyl (C=O) groups excluding carboxylic acids is 1. The van der Waals surface area contributed by atoms with E-state index in [4.69, 9.17) is 0 Å². The molecule has 172 valence electrons. The van der Waals surface area contributed by atoms with Crippen LogP contribution < -0.4 is 0 Å². The fourth-order valence-electron chi connectivity index (χ4n) is 4.20. The molecular formula is C29H26O4S. The van der Waals surface area contributed by atoms with E-state index in [1.165, 1.54) is 17.7 Å². The standard InChI is InChI=1S/C29H26O4S/c1-20-7-6-8-22(13-20)17-26-12-11-23(19-28(26)29(30)25-9-4-3-5-10-25)16-24-14-21(2)15-27(18-24)34(31,32)33/h3-15,18-19H,16-17H2,1-2H3,(H,31,32,33). The quantitative estimate of drug-likeness (QED) is 0.267. The summed E-state index contributed by atoms with van der Waals surface area (Å²) < 4.78 is 32.8. The molecule has 0 radical (unpaired) electrons. The summed E-state index contributed by atoms with van der Waals surface area (Å²) in [6.07, 6.45) is 1.07. The molecule has 0 saturated carbocycles. The van der Waals surface area contributed by atoms with Crippen molar-refractivity contribution in [3.63, 3.8) is 0 Å². The minimum Gasteiger partial charge on any atom is -0.289 e. The number of hydrogen-bond acceptors (Lipinski definition) is 3. The molecule has 0 heterocycles. The van der Waals surface area contributed by atoms with E-state index in [0.717, 1.165) is 27.8 Å². The normalized spacial score (nSPS) is 11.4. The molecule has 4 nitrogen and oxygen atoms in total. The molecule has 4 aromatic carbocycles. The fraction of sp³-hybridized carbons (Fsp3) is 0.138. The largest absolute Gasteiger partial charge is 0.294 e. The molecule has 5 heteroatoms. The van der Waals surface area contributed by atoms with Crippen LogP contribution in [0.2, 0.25) is 0 Å². The third kappa shape index (κ3) is 5.68. The minimum absolute atomic E-state index is 0.0482. The van der Waals surface area contributed by atoms with Crippen molar-refractivity contribution in [2.45, 2.75) is 31.6 Å². The van der Waals surface area contributed by atoms with Crippen molar-refractivity contribution >= 4 is 15.9 Å². The number of rotatable bonds is 7. The highest BCUT2D eigenvalue weighted by Crippen LogP contribution is 2.23. The van der Waals surface area contributed by atoms with Gasteiger partial charge in [-0.2, -0.15) is 8.42 Å². The molecule has 4 rings (SSSR count). The first-order chi connectivity index (χ1) is 16.2. The first-order valence-corrected chi connectivity index (χ1v) is 12.5. The Morgan fingerprint density at radius 3 is 2.12 bits per heavy atom. The summed E-state index contributed by atoms with van der Waals surface area (Å²) in [5.74, 6) is -0.0482. The lowest BCUT2D eigenvalue weighted by molar-refractivity contribution is 0.103. The highest BCUT2D eigenvalue weighted by atomic mass is 32.2. The van der Waals surface area contributed by atoms with Gasteiger partial charge in [-0.05, 0) is 72.7 Å². The van der Waals surface area contributed by atoms with Crippen LogP contribution in [0.3, 0.4) is 0 Å². The van der Waals surface area contributed by atoms with Crippen LogP contribution in [0.5, 0.6) is 0 Å². The maximum Gasteiger partial charge on any atom is 0.294 e. The van der Waals surface area contributed by atoms with Crippen molar-refractivity contribution in [3.05, 3.63) is 136 Å². The SMILES string of the molecule is Cc1cccc(Cc2ccc(Cc3cc(C)cc(S(=O)(=O)O)c3)cc2C(=O)c2ccccc2)c1. The second-order valence-corrected chi connectivity index (χ2v) is 10.1.